The van der Waals surface area contributed by atoms with Gasteiger partial charge in [-0.05, 0) is 53.1 Å². The van der Waals surface area contributed by atoms with Crippen LogP contribution in [-0.4, -0.2) is 62.3 Å². The molecule has 4 aromatic carbocycles. The lowest BCUT2D eigenvalue weighted by molar-refractivity contribution is -0.143. The molecule has 2 amide bonds. The second-order valence-corrected chi connectivity index (χ2v) is 13.3. The van der Waals surface area contributed by atoms with E-state index in [0.717, 1.165) is 5.56 Å². The van der Waals surface area contributed by atoms with Crippen LogP contribution in [0.5, 0.6) is 5.75 Å². The summed E-state index contributed by atoms with van der Waals surface area (Å²) >= 11 is 12.4. The number of hydrogen-bond acceptors (Lipinski definition) is 6. The minimum absolute atomic E-state index is 0.125. The molecule has 1 saturated heterocycles. The highest BCUT2D eigenvalue weighted by molar-refractivity contribution is 7.89. The van der Waals surface area contributed by atoms with Crippen LogP contribution in [0, 0.1) is 0 Å². The monoisotopic (exact) mass is 681 g/mol. The highest BCUT2D eigenvalue weighted by atomic mass is 35.5. The van der Waals surface area contributed by atoms with Gasteiger partial charge in [-0.15, -0.1) is 0 Å². The Kier molecular flexibility index (Phi) is 11.3. The van der Waals surface area contributed by atoms with E-state index in [0.29, 0.717) is 40.1 Å². The van der Waals surface area contributed by atoms with Gasteiger partial charge in [0.1, 0.15) is 11.8 Å². The summed E-state index contributed by atoms with van der Waals surface area (Å²) in [4.78, 5) is 29.4. The van der Waals surface area contributed by atoms with Crippen molar-refractivity contribution in [2.24, 2.45) is 0 Å². The summed E-state index contributed by atoms with van der Waals surface area (Å²) in [5.74, 6) is -0.534. The van der Waals surface area contributed by atoms with Crippen molar-refractivity contribution in [3.8, 4) is 5.75 Å². The van der Waals surface area contributed by atoms with E-state index in [2.05, 4.69) is 5.32 Å². The number of morpholine rings is 1. The van der Waals surface area contributed by atoms with Crippen molar-refractivity contribution in [2.45, 2.75) is 24.0 Å². The fourth-order valence-electron chi connectivity index (χ4n) is 5.03. The number of nitrogens with one attached hydrogen (secondary N) is 1. The summed E-state index contributed by atoms with van der Waals surface area (Å²) in [5, 5.41) is 3.83. The third-order valence-corrected chi connectivity index (χ3v) is 9.95. The van der Waals surface area contributed by atoms with Crippen molar-refractivity contribution in [2.75, 3.05) is 32.9 Å². The lowest BCUT2D eigenvalue weighted by atomic mass is 10.0. The summed E-state index contributed by atoms with van der Waals surface area (Å²) in [6.45, 7) is 1.14. The van der Waals surface area contributed by atoms with Gasteiger partial charge in [0, 0.05) is 36.2 Å². The molecule has 0 radical (unpaired) electrons. The van der Waals surface area contributed by atoms with Crippen LogP contribution >= 0.6 is 23.2 Å². The topological polar surface area (TPSA) is 105 Å². The van der Waals surface area contributed by atoms with Crippen molar-refractivity contribution >= 4 is 45.0 Å². The van der Waals surface area contributed by atoms with Gasteiger partial charge < -0.3 is 19.7 Å². The zero-order chi connectivity index (χ0) is 32.5. The van der Waals surface area contributed by atoms with Crippen molar-refractivity contribution in [1.29, 1.82) is 0 Å². The van der Waals surface area contributed by atoms with Gasteiger partial charge in [-0.3, -0.25) is 9.59 Å². The van der Waals surface area contributed by atoms with Gasteiger partial charge in [0.15, 0.2) is 6.61 Å². The van der Waals surface area contributed by atoms with Crippen LogP contribution in [0.4, 0.5) is 0 Å². The van der Waals surface area contributed by atoms with Crippen LogP contribution in [0.1, 0.15) is 22.7 Å². The molecule has 9 nitrogen and oxygen atoms in total. The smallest absolute Gasteiger partial charge is 0.261 e. The normalized spacial score (nSPS) is 14.3. The first-order valence-corrected chi connectivity index (χ1v) is 16.8. The molecule has 1 heterocycles. The molecule has 1 aliphatic heterocycles. The second kappa shape index (κ2) is 15.6. The van der Waals surface area contributed by atoms with Crippen molar-refractivity contribution < 1.29 is 27.5 Å². The van der Waals surface area contributed by atoms with E-state index in [-0.39, 0.29) is 37.7 Å². The summed E-state index contributed by atoms with van der Waals surface area (Å²) < 4.78 is 38.5. The van der Waals surface area contributed by atoms with Crippen LogP contribution in [0.2, 0.25) is 10.0 Å². The standard InChI is InChI=1S/C34H33Cl2N3O6S/c35-28-12-11-27(31(36)21-28)22-37-34(41)33(26-9-5-2-6-10-26)39(23-25-7-3-1-4-8-25)32(40)24-45-29-13-15-30(16-14-29)46(42,43)38-17-19-44-20-18-38/h1-16,21,33H,17-20,22-24H2,(H,37,41)/t33-/m0/s1. The molecule has 4 aromatic rings. The SMILES string of the molecule is O=C(NCc1ccc(Cl)cc1Cl)[C@H](c1ccccc1)N(Cc1ccccc1)C(=O)COc1ccc(S(=O)(=O)N2CCOCC2)cc1. The fourth-order valence-corrected chi connectivity index (χ4v) is 6.91. The molecule has 240 valence electrons. The van der Waals surface area contributed by atoms with Crippen LogP contribution in [0.15, 0.2) is 108 Å². The Morgan fingerprint density at radius 3 is 2.20 bits per heavy atom. The van der Waals surface area contributed by atoms with E-state index < -0.39 is 27.9 Å². The molecule has 1 aliphatic rings. The van der Waals surface area contributed by atoms with E-state index >= 15 is 0 Å². The third-order valence-electron chi connectivity index (χ3n) is 7.45. The summed E-state index contributed by atoms with van der Waals surface area (Å²) in [6, 6.07) is 28.3. The van der Waals surface area contributed by atoms with Crippen LogP contribution in [0.3, 0.4) is 0 Å². The number of nitrogens with zero attached hydrogens (tertiary/aromatic N) is 2. The highest BCUT2D eigenvalue weighted by Gasteiger charge is 2.32. The number of ether oxygens (including phenoxy) is 2. The number of halogens is 2. The molecule has 1 fully saturated rings. The Labute approximate surface area is 278 Å². The van der Waals surface area contributed by atoms with E-state index in [9.17, 15) is 18.0 Å². The average molecular weight is 683 g/mol. The Morgan fingerprint density at radius 1 is 0.891 bits per heavy atom. The highest BCUT2D eigenvalue weighted by Crippen LogP contribution is 2.26. The molecular formula is C34H33Cl2N3O6S. The Hall–Kier alpha value is -3.93. The number of rotatable bonds is 12. The number of carbonyl (C=O) groups is 2. The lowest BCUT2D eigenvalue weighted by Gasteiger charge is -2.31. The molecule has 0 bridgehead atoms. The van der Waals surface area contributed by atoms with E-state index in [4.69, 9.17) is 32.7 Å². The molecule has 0 spiro atoms. The van der Waals surface area contributed by atoms with Gasteiger partial charge in [0.2, 0.25) is 15.9 Å². The zero-order valence-electron chi connectivity index (χ0n) is 24.9. The average Bonchev–Trinajstić information content (AvgIpc) is 3.08. The molecule has 0 saturated carbocycles. The van der Waals surface area contributed by atoms with Gasteiger partial charge in [-0.2, -0.15) is 4.31 Å². The number of benzene rings is 4. The predicted molar refractivity (Wildman–Crippen MR) is 176 cm³/mol. The quantitative estimate of drug-likeness (QED) is 0.212. The first-order chi connectivity index (χ1) is 22.2. The number of amides is 2. The van der Waals surface area contributed by atoms with Gasteiger partial charge >= 0.3 is 0 Å². The van der Waals surface area contributed by atoms with Crippen molar-refractivity contribution in [3.63, 3.8) is 0 Å². The van der Waals surface area contributed by atoms with E-state index in [1.807, 2.05) is 36.4 Å². The number of sulfonamides is 1. The molecule has 0 aromatic heterocycles. The summed E-state index contributed by atoms with van der Waals surface area (Å²) in [6.07, 6.45) is 0. The number of carbonyl (C=O) groups excluding carboxylic acids is 2. The maximum atomic E-state index is 13.9. The second-order valence-electron chi connectivity index (χ2n) is 10.6. The molecule has 5 rings (SSSR count). The van der Waals surface area contributed by atoms with Crippen LogP contribution in [0.25, 0.3) is 0 Å². The minimum Gasteiger partial charge on any atom is -0.484 e. The van der Waals surface area contributed by atoms with E-state index in [1.54, 1.807) is 42.5 Å². The number of hydrogen-bond donors (Lipinski definition) is 1. The van der Waals surface area contributed by atoms with Gasteiger partial charge in [0.25, 0.3) is 5.91 Å². The maximum absolute atomic E-state index is 13.9. The maximum Gasteiger partial charge on any atom is 0.261 e. The van der Waals surface area contributed by atoms with Crippen LogP contribution < -0.4 is 10.1 Å². The molecule has 1 N–H and O–H groups in total. The minimum atomic E-state index is -3.68. The molecule has 0 unspecified atom stereocenters. The summed E-state index contributed by atoms with van der Waals surface area (Å²) in [7, 11) is -3.68. The van der Waals surface area contributed by atoms with E-state index in [1.165, 1.54) is 33.5 Å². The third kappa shape index (κ3) is 8.45. The molecule has 46 heavy (non-hydrogen) atoms. The zero-order valence-corrected chi connectivity index (χ0v) is 27.2. The van der Waals surface area contributed by atoms with Crippen molar-refractivity contribution in [3.05, 3.63) is 130 Å². The van der Waals surface area contributed by atoms with Gasteiger partial charge in [-0.25, -0.2) is 8.42 Å². The Bertz CT molecular complexity index is 1740. The fraction of sp³-hybridized carbons (Fsp3) is 0.235. The van der Waals surface area contributed by atoms with Gasteiger partial charge in [-0.1, -0.05) is 89.9 Å². The largest absolute Gasteiger partial charge is 0.484 e. The molecular weight excluding hydrogens is 649 g/mol. The Balaban J connectivity index is 1.36. The molecule has 0 aliphatic carbocycles. The van der Waals surface area contributed by atoms with Crippen LogP contribution in [-0.2, 0) is 37.4 Å². The summed E-state index contributed by atoms with van der Waals surface area (Å²) in [5.41, 5.74) is 2.11. The lowest BCUT2D eigenvalue weighted by Crippen LogP contribution is -2.45. The first kappa shape index (κ1) is 33.4. The first-order valence-electron chi connectivity index (χ1n) is 14.6. The Morgan fingerprint density at radius 2 is 1.54 bits per heavy atom. The molecule has 1 atom stereocenters. The predicted octanol–water partition coefficient (Wildman–Crippen LogP) is 5.48. The van der Waals surface area contributed by atoms with Gasteiger partial charge in [0.05, 0.1) is 18.1 Å². The van der Waals surface area contributed by atoms with Crippen molar-refractivity contribution in [1.82, 2.24) is 14.5 Å². The molecule has 12 heteroatoms.